The first-order chi connectivity index (χ1) is 24.3. The maximum absolute atomic E-state index is 12.9. The van der Waals surface area contributed by atoms with Gasteiger partial charge in [0.15, 0.2) is 0 Å². The summed E-state index contributed by atoms with van der Waals surface area (Å²) in [6, 6.07) is 3.24. The first kappa shape index (κ1) is 45.6. The Balaban J connectivity index is 2.32. The standard InChI is InChI=1S/C42H70O7S/c1-3-5-7-9-11-13-15-17-19-21-23-25-27-29-31-35-48-41(43)39-34-33-38(50(45,46)47)37-40(39)42(44)49-36-32-30-28-26-24-22-20-18-16-14-12-10-8-6-4-2/h25-28,33-34,37H,3-24,29-32,35-36H2,1-2H3,(H,45,46,47)/b27-25+,28-26+. The number of rotatable bonds is 33. The summed E-state index contributed by atoms with van der Waals surface area (Å²) < 4.78 is 43.7. The minimum absolute atomic E-state index is 0.0877. The summed E-state index contributed by atoms with van der Waals surface area (Å²) in [6.45, 7) is 4.79. The highest BCUT2D eigenvalue weighted by molar-refractivity contribution is 7.85. The van der Waals surface area contributed by atoms with Gasteiger partial charge in [-0.15, -0.1) is 0 Å². The van der Waals surface area contributed by atoms with E-state index in [0.717, 1.165) is 37.8 Å². The molecule has 0 aromatic heterocycles. The Labute approximate surface area is 305 Å². The van der Waals surface area contributed by atoms with Crippen LogP contribution < -0.4 is 0 Å². The van der Waals surface area contributed by atoms with Gasteiger partial charge >= 0.3 is 11.9 Å². The van der Waals surface area contributed by atoms with Gasteiger partial charge in [-0.25, -0.2) is 9.59 Å². The number of hydrogen-bond acceptors (Lipinski definition) is 6. The van der Waals surface area contributed by atoms with Gasteiger partial charge in [-0.05, 0) is 69.6 Å². The third kappa shape index (κ3) is 24.7. The van der Waals surface area contributed by atoms with Gasteiger partial charge in [-0.2, -0.15) is 8.42 Å². The first-order valence-electron chi connectivity index (χ1n) is 20.1. The van der Waals surface area contributed by atoms with Crippen LogP contribution in [0.2, 0.25) is 0 Å². The number of unbranched alkanes of at least 4 members (excludes halogenated alkanes) is 22. The molecule has 0 saturated heterocycles. The van der Waals surface area contributed by atoms with E-state index in [4.69, 9.17) is 9.47 Å². The van der Waals surface area contributed by atoms with E-state index in [2.05, 4.69) is 38.2 Å². The SMILES string of the molecule is CCCCCCCCCCCC/C=C/CCCOC(=O)c1ccc(S(=O)(=O)O)cc1C(=O)OCCC/C=C/CCCCCCCCCCCC. The van der Waals surface area contributed by atoms with Crippen molar-refractivity contribution in [3.8, 4) is 0 Å². The van der Waals surface area contributed by atoms with Crippen LogP contribution in [-0.2, 0) is 19.6 Å². The number of benzene rings is 1. The van der Waals surface area contributed by atoms with E-state index in [-0.39, 0.29) is 24.3 Å². The summed E-state index contributed by atoms with van der Waals surface area (Å²) in [5, 5.41) is 0. The Morgan fingerprint density at radius 1 is 0.520 bits per heavy atom. The molecule has 50 heavy (non-hydrogen) atoms. The molecule has 8 heteroatoms. The lowest BCUT2D eigenvalue weighted by Crippen LogP contribution is -2.16. The van der Waals surface area contributed by atoms with Crippen LogP contribution in [0.5, 0.6) is 0 Å². The van der Waals surface area contributed by atoms with Gasteiger partial charge in [0.2, 0.25) is 0 Å². The Morgan fingerprint density at radius 3 is 1.24 bits per heavy atom. The topological polar surface area (TPSA) is 107 Å². The molecule has 0 aliphatic rings. The second-order valence-electron chi connectivity index (χ2n) is 13.6. The molecule has 0 aliphatic carbocycles. The molecule has 1 aromatic carbocycles. The Bertz CT molecular complexity index is 1170. The van der Waals surface area contributed by atoms with Crippen LogP contribution in [0.25, 0.3) is 0 Å². The van der Waals surface area contributed by atoms with E-state index in [1.54, 1.807) is 0 Å². The fraction of sp³-hybridized carbons (Fsp3) is 0.714. The Hall–Kier alpha value is -2.45. The number of carbonyl (C=O) groups is 2. The Kier molecular flexibility index (Phi) is 28.5. The summed E-state index contributed by atoms with van der Waals surface area (Å²) in [5.74, 6) is -1.56. The number of hydrogen-bond donors (Lipinski definition) is 1. The van der Waals surface area contributed by atoms with Crippen molar-refractivity contribution in [3.05, 3.63) is 53.6 Å². The zero-order chi connectivity index (χ0) is 36.5. The molecular formula is C42H70O7S. The molecule has 0 aliphatic heterocycles. The van der Waals surface area contributed by atoms with Crippen LogP contribution in [0.15, 0.2) is 47.4 Å². The van der Waals surface area contributed by atoms with Crippen LogP contribution in [-0.4, -0.2) is 38.1 Å². The largest absolute Gasteiger partial charge is 0.462 e. The molecule has 0 unspecified atom stereocenters. The van der Waals surface area contributed by atoms with Gasteiger partial charge in [-0.3, -0.25) is 4.55 Å². The van der Waals surface area contributed by atoms with Crippen LogP contribution in [0, 0.1) is 0 Å². The van der Waals surface area contributed by atoms with Gasteiger partial charge in [0.1, 0.15) is 0 Å². The van der Waals surface area contributed by atoms with Gasteiger partial charge in [0, 0.05) is 0 Å². The number of esters is 2. The number of carbonyl (C=O) groups excluding carboxylic acids is 2. The molecule has 1 N–H and O–H groups in total. The summed E-state index contributed by atoms with van der Waals surface area (Å²) in [4.78, 5) is 25.2. The van der Waals surface area contributed by atoms with Crippen molar-refractivity contribution in [2.45, 2.75) is 186 Å². The van der Waals surface area contributed by atoms with E-state index in [9.17, 15) is 22.6 Å². The van der Waals surface area contributed by atoms with Gasteiger partial charge < -0.3 is 9.47 Å². The lowest BCUT2D eigenvalue weighted by molar-refractivity contribution is 0.0453. The molecule has 0 heterocycles. The average molecular weight is 719 g/mol. The predicted molar refractivity (Wildman–Crippen MR) is 206 cm³/mol. The van der Waals surface area contributed by atoms with Crippen molar-refractivity contribution < 1.29 is 32.0 Å². The van der Waals surface area contributed by atoms with Gasteiger partial charge in [0.25, 0.3) is 10.1 Å². The van der Waals surface area contributed by atoms with Crippen molar-refractivity contribution >= 4 is 22.1 Å². The van der Waals surface area contributed by atoms with Crippen molar-refractivity contribution in [2.75, 3.05) is 13.2 Å². The minimum atomic E-state index is -4.57. The molecular weight excluding hydrogens is 649 g/mol. The minimum Gasteiger partial charge on any atom is -0.462 e. The third-order valence-electron chi connectivity index (χ3n) is 9.01. The molecule has 0 spiro atoms. The normalized spacial score (nSPS) is 11.9. The summed E-state index contributed by atoms with van der Waals surface area (Å²) >= 11 is 0. The molecule has 0 atom stereocenters. The van der Waals surface area contributed by atoms with E-state index >= 15 is 0 Å². The smallest absolute Gasteiger partial charge is 0.339 e. The molecule has 0 saturated carbocycles. The predicted octanol–water partition coefficient (Wildman–Crippen LogP) is 12.5. The summed E-state index contributed by atoms with van der Waals surface area (Å²) in [5.41, 5.74) is -0.326. The maximum atomic E-state index is 12.9. The second-order valence-corrected chi connectivity index (χ2v) is 15.0. The summed E-state index contributed by atoms with van der Waals surface area (Å²) in [6.07, 6.45) is 39.8. The third-order valence-corrected chi connectivity index (χ3v) is 9.86. The lowest BCUT2D eigenvalue weighted by atomic mass is 10.1. The second kappa shape index (κ2) is 31.3. The van der Waals surface area contributed by atoms with Crippen LogP contribution in [0.4, 0.5) is 0 Å². The molecule has 286 valence electrons. The molecule has 0 radical (unpaired) electrons. The average Bonchev–Trinajstić information content (AvgIpc) is 3.10. The first-order valence-corrected chi connectivity index (χ1v) is 21.5. The van der Waals surface area contributed by atoms with E-state index in [1.165, 1.54) is 134 Å². The zero-order valence-electron chi connectivity index (χ0n) is 31.6. The zero-order valence-corrected chi connectivity index (χ0v) is 32.5. The maximum Gasteiger partial charge on any atom is 0.339 e. The molecule has 1 rings (SSSR count). The molecule has 0 fully saturated rings. The van der Waals surface area contributed by atoms with Gasteiger partial charge in [0.05, 0.1) is 29.2 Å². The van der Waals surface area contributed by atoms with Crippen molar-refractivity contribution in [3.63, 3.8) is 0 Å². The quantitative estimate of drug-likeness (QED) is 0.0333. The molecule has 0 amide bonds. The highest BCUT2D eigenvalue weighted by Crippen LogP contribution is 2.19. The molecule has 0 bridgehead atoms. The van der Waals surface area contributed by atoms with Crippen LogP contribution >= 0.6 is 0 Å². The molecule has 7 nitrogen and oxygen atoms in total. The number of allylic oxidation sites excluding steroid dienone is 4. The summed E-state index contributed by atoms with van der Waals surface area (Å²) in [7, 11) is -4.57. The van der Waals surface area contributed by atoms with Crippen molar-refractivity contribution in [1.82, 2.24) is 0 Å². The van der Waals surface area contributed by atoms with E-state index < -0.39 is 27.0 Å². The molecule has 1 aromatic rings. The van der Waals surface area contributed by atoms with Crippen molar-refractivity contribution in [1.29, 1.82) is 0 Å². The number of ether oxygens (including phenoxy) is 2. The van der Waals surface area contributed by atoms with Crippen LogP contribution in [0.3, 0.4) is 0 Å². The fourth-order valence-electron chi connectivity index (χ4n) is 5.89. The lowest BCUT2D eigenvalue weighted by Gasteiger charge is -2.11. The van der Waals surface area contributed by atoms with E-state index in [0.29, 0.717) is 12.8 Å². The highest BCUT2D eigenvalue weighted by Gasteiger charge is 2.23. The van der Waals surface area contributed by atoms with Crippen LogP contribution in [0.1, 0.15) is 202 Å². The van der Waals surface area contributed by atoms with Crippen molar-refractivity contribution in [2.24, 2.45) is 0 Å². The fourth-order valence-corrected chi connectivity index (χ4v) is 6.40. The van der Waals surface area contributed by atoms with E-state index in [1.807, 2.05) is 0 Å². The van der Waals surface area contributed by atoms with Gasteiger partial charge in [-0.1, -0.05) is 154 Å². The Morgan fingerprint density at radius 2 is 0.860 bits per heavy atom. The highest BCUT2D eigenvalue weighted by atomic mass is 32.2. The monoisotopic (exact) mass is 718 g/mol.